The van der Waals surface area contributed by atoms with E-state index in [0.29, 0.717) is 11.4 Å². The number of anilines is 2. The van der Waals surface area contributed by atoms with Gasteiger partial charge in [0, 0.05) is 0 Å². The number of aryl methyl sites for hydroxylation is 2. The molecule has 0 atom stereocenters. The standard InChI is InChI=1S/C23H18N2O3S/c1-15-5-3-7-18(11-15)24-21(26)20(13-17-9-10-29-14-17)22(27)25(23(24)28)19-8-4-6-16(2)12-19/h3-14H,1-2H3. The van der Waals surface area contributed by atoms with Gasteiger partial charge in [-0.15, -0.1) is 0 Å². The highest BCUT2D eigenvalue weighted by atomic mass is 32.1. The van der Waals surface area contributed by atoms with Crippen LogP contribution in [0.4, 0.5) is 16.2 Å². The first-order valence-corrected chi connectivity index (χ1v) is 10.00. The van der Waals surface area contributed by atoms with Crippen molar-refractivity contribution in [3.05, 3.63) is 87.6 Å². The molecule has 1 saturated heterocycles. The number of nitrogens with zero attached hydrogens (tertiary/aromatic N) is 2. The molecular formula is C23H18N2O3S. The molecule has 6 heteroatoms. The number of imide groups is 2. The molecule has 2 heterocycles. The second kappa shape index (κ2) is 7.48. The van der Waals surface area contributed by atoms with E-state index in [1.165, 1.54) is 11.3 Å². The normalized spacial score (nSPS) is 14.6. The fourth-order valence-corrected chi connectivity index (χ4v) is 3.86. The summed E-state index contributed by atoms with van der Waals surface area (Å²) in [6.07, 6.45) is 1.54. The number of thiophene rings is 1. The van der Waals surface area contributed by atoms with Crippen molar-refractivity contribution in [2.75, 3.05) is 9.80 Å². The molecule has 0 bridgehead atoms. The van der Waals surface area contributed by atoms with E-state index in [0.717, 1.165) is 26.5 Å². The summed E-state index contributed by atoms with van der Waals surface area (Å²) >= 11 is 1.47. The van der Waals surface area contributed by atoms with Crippen molar-refractivity contribution >= 4 is 46.6 Å². The van der Waals surface area contributed by atoms with Gasteiger partial charge in [-0.05, 0) is 77.7 Å². The second-order valence-electron chi connectivity index (χ2n) is 6.86. The maximum Gasteiger partial charge on any atom is 0.343 e. The van der Waals surface area contributed by atoms with Crippen LogP contribution in [0.25, 0.3) is 6.08 Å². The largest absolute Gasteiger partial charge is 0.343 e. The molecule has 0 radical (unpaired) electrons. The van der Waals surface area contributed by atoms with Gasteiger partial charge in [0.15, 0.2) is 0 Å². The molecule has 1 aliphatic heterocycles. The van der Waals surface area contributed by atoms with E-state index in [4.69, 9.17) is 0 Å². The zero-order valence-corrected chi connectivity index (χ0v) is 16.8. The van der Waals surface area contributed by atoms with Gasteiger partial charge in [0.05, 0.1) is 11.4 Å². The van der Waals surface area contributed by atoms with E-state index >= 15 is 0 Å². The Kier molecular flexibility index (Phi) is 4.86. The molecule has 0 unspecified atom stereocenters. The monoisotopic (exact) mass is 402 g/mol. The molecule has 4 rings (SSSR count). The van der Waals surface area contributed by atoms with Crippen LogP contribution >= 0.6 is 11.3 Å². The first kappa shape index (κ1) is 18.8. The Morgan fingerprint density at radius 1 is 0.793 bits per heavy atom. The Hall–Kier alpha value is -3.51. The van der Waals surface area contributed by atoms with Gasteiger partial charge in [0.1, 0.15) is 5.57 Å². The molecule has 3 aromatic rings. The molecule has 1 aromatic heterocycles. The Balaban J connectivity index is 1.89. The summed E-state index contributed by atoms with van der Waals surface area (Å²) < 4.78 is 0. The van der Waals surface area contributed by atoms with Crippen molar-refractivity contribution in [2.24, 2.45) is 0 Å². The van der Waals surface area contributed by atoms with Gasteiger partial charge in [-0.2, -0.15) is 11.3 Å². The summed E-state index contributed by atoms with van der Waals surface area (Å²) in [4.78, 5) is 41.9. The molecule has 0 saturated carbocycles. The average molecular weight is 402 g/mol. The van der Waals surface area contributed by atoms with Gasteiger partial charge in [-0.3, -0.25) is 9.59 Å². The summed E-state index contributed by atoms with van der Waals surface area (Å²) in [6, 6.07) is 15.3. The van der Waals surface area contributed by atoms with E-state index < -0.39 is 17.8 Å². The third-order valence-electron chi connectivity index (χ3n) is 4.62. The number of amides is 4. The first-order valence-electron chi connectivity index (χ1n) is 9.06. The predicted molar refractivity (Wildman–Crippen MR) is 115 cm³/mol. The lowest BCUT2D eigenvalue weighted by Crippen LogP contribution is -2.57. The second-order valence-corrected chi connectivity index (χ2v) is 7.64. The maximum absolute atomic E-state index is 13.3. The molecular weight excluding hydrogens is 384 g/mol. The van der Waals surface area contributed by atoms with E-state index in [1.807, 2.05) is 42.8 Å². The highest BCUT2D eigenvalue weighted by Crippen LogP contribution is 2.30. The van der Waals surface area contributed by atoms with Gasteiger partial charge < -0.3 is 0 Å². The number of barbiturate groups is 1. The molecule has 144 valence electrons. The third-order valence-corrected chi connectivity index (χ3v) is 5.32. The molecule has 0 spiro atoms. The zero-order valence-electron chi connectivity index (χ0n) is 16.0. The van der Waals surface area contributed by atoms with E-state index in [-0.39, 0.29) is 5.57 Å². The van der Waals surface area contributed by atoms with Crippen LogP contribution in [0.2, 0.25) is 0 Å². The number of hydrogen-bond acceptors (Lipinski definition) is 4. The van der Waals surface area contributed by atoms with Crippen LogP contribution in [0.5, 0.6) is 0 Å². The highest BCUT2D eigenvalue weighted by molar-refractivity contribution is 7.08. The lowest BCUT2D eigenvalue weighted by molar-refractivity contribution is -0.121. The van der Waals surface area contributed by atoms with Gasteiger partial charge >= 0.3 is 6.03 Å². The van der Waals surface area contributed by atoms with Crippen molar-refractivity contribution in [1.29, 1.82) is 0 Å². The lowest BCUT2D eigenvalue weighted by atomic mass is 10.1. The fraction of sp³-hybridized carbons (Fsp3) is 0.0870. The highest BCUT2D eigenvalue weighted by Gasteiger charge is 2.43. The van der Waals surface area contributed by atoms with Gasteiger partial charge in [0.2, 0.25) is 0 Å². The Labute approximate surface area is 172 Å². The SMILES string of the molecule is Cc1cccc(N2C(=O)C(=Cc3ccsc3)C(=O)N(c3cccc(C)c3)C2=O)c1. The first-order chi connectivity index (χ1) is 14.0. The summed E-state index contributed by atoms with van der Waals surface area (Å²) in [6.45, 7) is 3.77. The zero-order chi connectivity index (χ0) is 20.5. The van der Waals surface area contributed by atoms with E-state index in [1.54, 1.807) is 42.5 Å². The molecule has 0 N–H and O–H groups in total. The van der Waals surface area contributed by atoms with Crippen molar-refractivity contribution in [3.8, 4) is 0 Å². The minimum Gasteiger partial charge on any atom is -0.268 e. The molecule has 1 fully saturated rings. The summed E-state index contributed by atoms with van der Waals surface area (Å²) in [7, 11) is 0. The van der Waals surface area contributed by atoms with Gasteiger partial charge in [-0.1, -0.05) is 24.3 Å². The summed E-state index contributed by atoms with van der Waals surface area (Å²) in [5, 5.41) is 3.71. The summed E-state index contributed by atoms with van der Waals surface area (Å²) in [5.74, 6) is -1.25. The number of rotatable bonds is 3. The van der Waals surface area contributed by atoms with Crippen molar-refractivity contribution in [1.82, 2.24) is 0 Å². The topological polar surface area (TPSA) is 57.7 Å². The Morgan fingerprint density at radius 2 is 1.34 bits per heavy atom. The lowest BCUT2D eigenvalue weighted by Gasteiger charge is -2.34. The van der Waals surface area contributed by atoms with Crippen molar-refractivity contribution < 1.29 is 14.4 Å². The molecule has 1 aliphatic rings. The predicted octanol–water partition coefficient (Wildman–Crippen LogP) is 4.95. The van der Waals surface area contributed by atoms with E-state index in [9.17, 15) is 14.4 Å². The molecule has 0 aliphatic carbocycles. The summed E-state index contributed by atoms with van der Waals surface area (Å²) in [5.41, 5.74) is 3.37. The van der Waals surface area contributed by atoms with Crippen LogP contribution in [0.1, 0.15) is 16.7 Å². The molecule has 29 heavy (non-hydrogen) atoms. The van der Waals surface area contributed by atoms with Crippen LogP contribution in [0.3, 0.4) is 0 Å². The molecule has 2 aromatic carbocycles. The van der Waals surface area contributed by atoms with Crippen LogP contribution in [0.15, 0.2) is 70.9 Å². The van der Waals surface area contributed by atoms with Crippen molar-refractivity contribution in [3.63, 3.8) is 0 Å². The quantitative estimate of drug-likeness (QED) is 0.460. The number of carbonyl (C=O) groups is 3. The minimum absolute atomic E-state index is 0.0500. The van der Waals surface area contributed by atoms with Crippen LogP contribution in [0, 0.1) is 13.8 Å². The third kappa shape index (κ3) is 3.50. The van der Waals surface area contributed by atoms with E-state index in [2.05, 4.69) is 0 Å². The van der Waals surface area contributed by atoms with Gasteiger partial charge in [-0.25, -0.2) is 14.6 Å². The Bertz CT molecular complexity index is 1080. The van der Waals surface area contributed by atoms with Gasteiger partial charge in [0.25, 0.3) is 11.8 Å². The number of benzene rings is 2. The maximum atomic E-state index is 13.3. The number of hydrogen-bond donors (Lipinski definition) is 0. The smallest absolute Gasteiger partial charge is 0.268 e. The number of urea groups is 1. The average Bonchev–Trinajstić information content (AvgIpc) is 3.19. The molecule has 5 nitrogen and oxygen atoms in total. The Morgan fingerprint density at radius 3 is 1.79 bits per heavy atom. The fourth-order valence-electron chi connectivity index (χ4n) is 3.24. The van der Waals surface area contributed by atoms with Crippen LogP contribution < -0.4 is 9.80 Å². The number of carbonyl (C=O) groups excluding carboxylic acids is 3. The minimum atomic E-state index is -0.682. The van der Waals surface area contributed by atoms with Crippen LogP contribution in [-0.4, -0.2) is 17.8 Å². The molecule has 4 amide bonds. The van der Waals surface area contributed by atoms with Crippen molar-refractivity contribution in [2.45, 2.75) is 13.8 Å². The van der Waals surface area contributed by atoms with Crippen LogP contribution in [-0.2, 0) is 9.59 Å².